The van der Waals surface area contributed by atoms with E-state index >= 15 is 0 Å². The molecular weight excluding hydrogens is 415 g/mol. The molecule has 0 aliphatic heterocycles. The van der Waals surface area contributed by atoms with Crippen LogP contribution in [0.15, 0.2) is 64.1 Å². The van der Waals surface area contributed by atoms with Gasteiger partial charge >= 0.3 is 5.97 Å². The maximum Gasteiger partial charge on any atom is 0.338 e. The largest absolute Gasteiger partial charge is 0.462 e. The zero-order valence-electron chi connectivity index (χ0n) is 15.3. The van der Waals surface area contributed by atoms with Gasteiger partial charge in [-0.15, -0.1) is 0 Å². The van der Waals surface area contributed by atoms with Crippen molar-refractivity contribution in [2.24, 2.45) is 5.10 Å². The van der Waals surface area contributed by atoms with Crippen molar-refractivity contribution in [3.05, 3.63) is 81.5 Å². The molecule has 3 rings (SSSR count). The van der Waals surface area contributed by atoms with Crippen LogP contribution in [0.25, 0.3) is 11.3 Å². The number of carbonyl (C=O) groups excluding carboxylic acids is 2. The fourth-order valence-electron chi connectivity index (χ4n) is 2.45. The van der Waals surface area contributed by atoms with Crippen LogP contribution >= 0.6 is 23.2 Å². The minimum Gasteiger partial charge on any atom is -0.462 e. The Morgan fingerprint density at radius 3 is 2.55 bits per heavy atom. The van der Waals surface area contributed by atoms with E-state index in [1.54, 1.807) is 49.4 Å². The number of benzene rings is 2. The zero-order valence-corrected chi connectivity index (χ0v) is 16.8. The SMILES string of the molecule is CCOC(=O)c1ccc(-c2ccc(/C=N/NC(=O)c3ccc(Cl)cc3Cl)o2)cc1. The Balaban J connectivity index is 1.64. The molecular formula is C21H16Cl2N2O4. The van der Waals surface area contributed by atoms with Crippen LogP contribution < -0.4 is 5.43 Å². The summed E-state index contributed by atoms with van der Waals surface area (Å²) in [4.78, 5) is 23.8. The number of halogens is 2. The van der Waals surface area contributed by atoms with E-state index in [4.69, 9.17) is 32.4 Å². The van der Waals surface area contributed by atoms with Gasteiger partial charge in [-0.25, -0.2) is 10.2 Å². The highest BCUT2D eigenvalue weighted by atomic mass is 35.5. The van der Waals surface area contributed by atoms with Crippen LogP contribution in [0.5, 0.6) is 0 Å². The van der Waals surface area contributed by atoms with Crippen LogP contribution in [0.4, 0.5) is 0 Å². The van der Waals surface area contributed by atoms with Gasteiger partial charge in [-0.3, -0.25) is 4.79 Å². The van der Waals surface area contributed by atoms with Crippen molar-refractivity contribution in [1.82, 2.24) is 5.43 Å². The zero-order chi connectivity index (χ0) is 20.8. The summed E-state index contributed by atoms with van der Waals surface area (Å²) >= 11 is 11.8. The fraction of sp³-hybridized carbons (Fsp3) is 0.0952. The lowest BCUT2D eigenvalue weighted by Gasteiger charge is -2.03. The van der Waals surface area contributed by atoms with Crippen molar-refractivity contribution in [3.8, 4) is 11.3 Å². The van der Waals surface area contributed by atoms with Gasteiger partial charge in [-0.05, 0) is 49.4 Å². The first-order valence-corrected chi connectivity index (χ1v) is 9.39. The summed E-state index contributed by atoms with van der Waals surface area (Å²) in [5.41, 5.74) is 3.89. The van der Waals surface area contributed by atoms with Crippen LogP contribution in [0, 0.1) is 0 Å². The second-order valence-electron chi connectivity index (χ2n) is 5.82. The second kappa shape index (κ2) is 9.41. The van der Waals surface area contributed by atoms with Crippen LogP contribution in [-0.2, 0) is 4.74 Å². The molecule has 1 amide bonds. The quantitative estimate of drug-likeness (QED) is 0.331. The van der Waals surface area contributed by atoms with Crippen molar-refractivity contribution in [3.63, 3.8) is 0 Å². The molecule has 0 saturated carbocycles. The molecule has 8 heteroatoms. The summed E-state index contributed by atoms with van der Waals surface area (Å²) in [5, 5.41) is 4.55. The van der Waals surface area contributed by atoms with Crippen LogP contribution in [0.1, 0.15) is 33.4 Å². The Hall–Kier alpha value is -3.09. The molecule has 0 spiro atoms. The van der Waals surface area contributed by atoms with E-state index in [-0.39, 0.29) is 16.6 Å². The van der Waals surface area contributed by atoms with Crippen LogP contribution in [0.3, 0.4) is 0 Å². The summed E-state index contributed by atoms with van der Waals surface area (Å²) in [6, 6.07) is 14.9. The predicted molar refractivity (Wildman–Crippen MR) is 112 cm³/mol. The molecule has 1 heterocycles. The molecule has 0 saturated heterocycles. The van der Waals surface area contributed by atoms with E-state index < -0.39 is 5.91 Å². The number of esters is 1. The van der Waals surface area contributed by atoms with Gasteiger partial charge in [0.05, 0.1) is 29.0 Å². The maximum atomic E-state index is 12.1. The number of hydrogen-bond acceptors (Lipinski definition) is 5. The molecule has 0 aliphatic carbocycles. The molecule has 0 radical (unpaired) electrons. The highest BCUT2D eigenvalue weighted by Gasteiger charge is 2.10. The van der Waals surface area contributed by atoms with Crippen LogP contribution in [-0.4, -0.2) is 24.7 Å². The lowest BCUT2D eigenvalue weighted by molar-refractivity contribution is 0.0526. The summed E-state index contributed by atoms with van der Waals surface area (Å²) < 4.78 is 10.6. The van der Waals surface area contributed by atoms with E-state index in [0.29, 0.717) is 28.7 Å². The highest BCUT2D eigenvalue weighted by molar-refractivity contribution is 6.36. The Bertz CT molecular complexity index is 1060. The van der Waals surface area contributed by atoms with Gasteiger partial charge < -0.3 is 9.15 Å². The van der Waals surface area contributed by atoms with E-state index in [1.165, 1.54) is 18.3 Å². The molecule has 1 N–H and O–H groups in total. The first-order valence-electron chi connectivity index (χ1n) is 8.63. The Morgan fingerprint density at radius 1 is 1.10 bits per heavy atom. The number of hydrazone groups is 1. The van der Waals surface area contributed by atoms with Crippen molar-refractivity contribution in [2.45, 2.75) is 6.92 Å². The molecule has 0 fully saturated rings. The van der Waals surface area contributed by atoms with Gasteiger partial charge in [-0.1, -0.05) is 35.3 Å². The van der Waals surface area contributed by atoms with E-state index in [9.17, 15) is 9.59 Å². The number of carbonyl (C=O) groups is 2. The Labute approximate surface area is 177 Å². The molecule has 3 aromatic rings. The van der Waals surface area contributed by atoms with Gasteiger partial charge in [0.25, 0.3) is 5.91 Å². The summed E-state index contributed by atoms with van der Waals surface area (Å²) in [6.45, 7) is 2.08. The molecule has 0 atom stereocenters. The Morgan fingerprint density at radius 2 is 1.86 bits per heavy atom. The molecule has 0 bridgehead atoms. The van der Waals surface area contributed by atoms with Gasteiger partial charge in [0.2, 0.25) is 0 Å². The van der Waals surface area contributed by atoms with Gasteiger partial charge in [0.15, 0.2) is 0 Å². The first kappa shape index (κ1) is 20.6. The second-order valence-corrected chi connectivity index (χ2v) is 6.67. The number of amides is 1. The third-order valence-electron chi connectivity index (χ3n) is 3.84. The minimum absolute atomic E-state index is 0.233. The molecule has 0 aliphatic rings. The number of nitrogens with one attached hydrogen (secondary N) is 1. The highest BCUT2D eigenvalue weighted by Crippen LogP contribution is 2.23. The maximum absolute atomic E-state index is 12.1. The first-order chi connectivity index (χ1) is 14.0. The molecule has 0 unspecified atom stereocenters. The van der Waals surface area contributed by atoms with E-state index in [2.05, 4.69) is 10.5 Å². The monoisotopic (exact) mass is 430 g/mol. The molecule has 29 heavy (non-hydrogen) atoms. The van der Waals surface area contributed by atoms with E-state index in [0.717, 1.165) is 5.56 Å². The van der Waals surface area contributed by atoms with Crippen molar-refractivity contribution < 1.29 is 18.7 Å². The number of ether oxygens (including phenoxy) is 1. The van der Waals surface area contributed by atoms with Gasteiger partial charge in [0.1, 0.15) is 11.5 Å². The third-order valence-corrected chi connectivity index (χ3v) is 4.39. The lowest BCUT2D eigenvalue weighted by atomic mass is 10.1. The normalized spacial score (nSPS) is 10.9. The summed E-state index contributed by atoms with van der Waals surface area (Å²) in [6.07, 6.45) is 1.37. The third kappa shape index (κ3) is 5.25. The Kier molecular flexibility index (Phi) is 6.69. The molecule has 148 valence electrons. The van der Waals surface area contributed by atoms with Gasteiger partial charge in [0, 0.05) is 10.6 Å². The predicted octanol–water partition coefficient (Wildman–Crippen LogP) is 5.19. The number of rotatable bonds is 6. The average Bonchev–Trinajstić information content (AvgIpc) is 3.17. The van der Waals surface area contributed by atoms with E-state index in [1.807, 2.05) is 0 Å². The number of hydrogen-bond donors (Lipinski definition) is 1. The summed E-state index contributed by atoms with van der Waals surface area (Å²) in [7, 11) is 0. The lowest BCUT2D eigenvalue weighted by Crippen LogP contribution is -2.17. The van der Waals surface area contributed by atoms with Crippen LogP contribution in [0.2, 0.25) is 10.0 Å². The fourth-order valence-corrected chi connectivity index (χ4v) is 2.95. The van der Waals surface area contributed by atoms with Crippen molar-refractivity contribution >= 4 is 41.3 Å². The molecule has 1 aromatic heterocycles. The van der Waals surface area contributed by atoms with Gasteiger partial charge in [-0.2, -0.15) is 5.10 Å². The average molecular weight is 431 g/mol. The number of nitrogens with zero attached hydrogens (tertiary/aromatic N) is 1. The topological polar surface area (TPSA) is 80.9 Å². The smallest absolute Gasteiger partial charge is 0.338 e. The molecule has 2 aromatic carbocycles. The summed E-state index contributed by atoms with van der Waals surface area (Å²) in [5.74, 6) is 0.193. The molecule has 6 nitrogen and oxygen atoms in total. The number of furan rings is 1. The minimum atomic E-state index is -0.468. The van der Waals surface area contributed by atoms with Crippen molar-refractivity contribution in [1.29, 1.82) is 0 Å². The van der Waals surface area contributed by atoms with Crippen molar-refractivity contribution in [2.75, 3.05) is 6.61 Å². The standard InChI is InChI=1S/C21H16Cl2N2O4/c1-2-28-21(27)14-5-3-13(4-6-14)19-10-8-16(29-19)12-24-25-20(26)17-9-7-15(22)11-18(17)23/h3-12H,2H2,1H3,(H,25,26)/b24-12+.